The third-order valence-electron chi connectivity index (χ3n) is 8.83. The molecule has 4 rings (SSSR count). The molecule has 0 aliphatic heterocycles. The molecule has 0 amide bonds. The molecule has 3 saturated carbocycles. The van der Waals surface area contributed by atoms with Crippen molar-refractivity contribution in [3.63, 3.8) is 0 Å². The quantitative estimate of drug-likeness (QED) is 0.444. The summed E-state index contributed by atoms with van der Waals surface area (Å²) in [6.07, 6.45) is 15.3. The van der Waals surface area contributed by atoms with Crippen molar-refractivity contribution in [2.24, 2.45) is 34.5 Å². The molecular formula is C23H34O3. The van der Waals surface area contributed by atoms with E-state index in [0.29, 0.717) is 16.7 Å². The van der Waals surface area contributed by atoms with E-state index in [1.54, 1.807) is 11.6 Å². The standard InChI is InChI=1S/C23H34O3/c1-22-13-11-20-18(7-4-16-14-17(24)10-12-23(16,20)2)19(22)8-5-15(22)6-9-21(25)26-3/h6,9,14-15,17-20,24H,4-5,7-8,10-13H2,1-3H3/t15-,17+,18+,19+,20+,22-,23+/m1/s1. The predicted octanol–water partition coefficient (Wildman–Crippen LogP) is 4.66. The number of aliphatic hydroxyl groups is 1. The van der Waals surface area contributed by atoms with Crippen molar-refractivity contribution >= 4 is 5.97 Å². The Morgan fingerprint density at radius 1 is 1.15 bits per heavy atom. The topological polar surface area (TPSA) is 46.5 Å². The van der Waals surface area contributed by atoms with Crippen LogP contribution in [-0.4, -0.2) is 24.3 Å². The van der Waals surface area contributed by atoms with Gasteiger partial charge in [-0.15, -0.1) is 0 Å². The van der Waals surface area contributed by atoms with Crippen molar-refractivity contribution in [1.29, 1.82) is 0 Å². The molecule has 0 unspecified atom stereocenters. The minimum absolute atomic E-state index is 0.220. The van der Waals surface area contributed by atoms with Crippen LogP contribution in [0.2, 0.25) is 0 Å². The number of ether oxygens (including phenoxy) is 1. The number of hydrogen-bond donors (Lipinski definition) is 1. The SMILES string of the molecule is COC(=O)C=C[C@H]1CC[C@H]2[C@@H]3CCC4=C[C@@H](O)CC[C@]4(C)[C@H]3CC[C@]12C. The number of allylic oxidation sites excluding steroid dienone is 2. The molecule has 3 heteroatoms. The van der Waals surface area contributed by atoms with Crippen LogP contribution in [0.25, 0.3) is 0 Å². The van der Waals surface area contributed by atoms with E-state index >= 15 is 0 Å². The van der Waals surface area contributed by atoms with Crippen LogP contribution in [0.15, 0.2) is 23.8 Å². The largest absolute Gasteiger partial charge is 0.466 e. The minimum Gasteiger partial charge on any atom is -0.466 e. The zero-order chi connectivity index (χ0) is 18.5. The Hall–Kier alpha value is -1.09. The van der Waals surface area contributed by atoms with Crippen molar-refractivity contribution in [2.75, 3.05) is 7.11 Å². The van der Waals surface area contributed by atoms with Crippen molar-refractivity contribution in [2.45, 2.75) is 71.3 Å². The Morgan fingerprint density at radius 2 is 1.96 bits per heavy atom. The maximum absolute atomic E-state index is 11.6. The number of hydrogen-bond acceptors (Lipinski definition) is 3. The first kappa shape index (κ1) is 18.3. The van der Waals surface area contributed by atoms with Gasteiger partial charge in [-0.25, -0.2) is 4.79 Å². The van der Waals surface area contributed by atoms with Gasteiger partial charge in [0.2, 0.25) is 0 Å². The lowest BCUT2D eigenvalue weighted by Crippen LogP contribution is -2.50. The Labute approximate surface area is 157 Å². The summed E-state index contributed by atoms with van der Waals surface area (Å²) in [4.78, 5) is 11.6. The molecule has 3 nitrogen and oxygen atoms in total. The van der Waals surface area contributed by atoms with Crippen LogP contribution in [0, 0.1) is 34.5 Å². The van der Waals surface area contributed by atoms with E-state index in [1.165, 1.54) is 45.6 Å². The van der Waals surface area contributed by atoms with Gasteiger partial charge in [0, 0.05) is 6.08 Å². The molecule has 0 radical (unpaired) electrons. The molecule has 0 aromatic rings. The first-order chi connectivity index (χ1) is 12.4. The minimum atomic E-state index is -0.230. The fourth-order valence-electron chi connectivity index (χ4n) is 7.33. The molecule has 0 spiro atoms. The van der Waals surface area contributed by atoms with Crippen LogP contribution in [0.4, 0.5) is 0 Å². The van der Waals surface area contributed by atoms with Crippen molar-refractivity contribution in [1.82, 2.24) is 0 Å². The summed E-state index contributed by atoms with van der Waals surface area (Å²) in [5, 5.41) is 10.1. The Bertz CT molecular complexity index is 635. The first-order valence-corrected chi connectivity index (χ1v) is 10.5. The summed E-state index contributed by atoms with van der Waals surface area (Å²) in [6, 6.07) is 0. The summed E-state index contributed by atoms with van der Waals surface area (Å²) < 4.78 is 4.79. The lowest BCUT2D eigenvalue weighted by Gasteiger charge is -2.58. The Kier molecular flexibility index (Phi) is 4.58. The van der Waals surface area contributed by atoms with Crippen LogP contribution < -0.4 is 0 Å². The number of carbonyl (C=O) groups is 1. The summed E-state index contributed by atoms with van der Waals surface area (Å²) in [5.74, 6) is 2.63. The van der Waals surface area contributed by atoms with Crippen LogP contribution in [-0.2, 0) is 9.53 Å². The van der Waals surface area contributed by atoms with Crippen molar-refractivity contribution in [3.8, 4) is 0 Å². The maximum atomic E-state index is 11.6. The number of aliphatic hydroxyl groups excluding tert-OH is 1. The van der Waals surface area contributed by atoms with Gasteiger partial charge < -0.3 is 9.84 Å². The third-order valence-corrected chi connectivity index (χ3v) is 8.83. The molecule has 3 fully saturated rings. The molecule has 0 bridgehead atoms. The molecule has 26 heavy (non-hydrogen) atoms. The van der Waals surface area contributed by atoms with Crippen LogP contribution in [0.3, 0.4) is 0 Å². The zero-order valence-corrected chi connectivity index (χ0v) is 16.5. The first-order valence-electron chi connectivity index (χ1n) is 10.5. The summed E-state index contributed by atoms with van der Waals surface area (Å²) in [7, 11) is 1.45. The second kappa shape index (κ2) is 6.51. The van der Waals surface area contributed by atoms with Crippen molar-refractivity contribution < 1.29 is 14.6 Å². The highest BCUT2D eigenvalue weighted by Crippen LogP contribution is 2.66. The van der Waals surface area contributed by atoms with Crippen LogP contribution in [0.5, 0.6) is 0 Å². The fraction of sp³-hybridized carbons (Fsp3) is 0.783. The molecular weight excluding hydrogens is 324 g/mol. The predicted molar refractivity (Wildman–Crippen MR) is 102 cm³/mol. The second-order valence-electron chi connectivity index (χ2n) is 9.74. The summed E-state index contributed by atoms with van der Waals surface area (Å²) in [6.45, 7) is 4.96. The molecule has 0 aromatic carbocycles. The van der Waals surface area contributed by atoms with Crippen molar-refractivity contribution in [3.05, 3.63) is 23.8 Å². The molecule has 0 aromatic heterocycles. The summed E-state index contributed by atoms with van der Waals surface area (Å²) in [5.41, 5.74) is 2.18. The molecule has 0 heterocycles. The van der Waals surface area contributed by atoms with Gasteiger partial charge in [0.05, 0.1) is 13.2 Å². The molecule has 144 valence electrons. The number of rotatable bonds is 2. The van der Waals surface area contributed by atoms with Gasteiger partial charge in [-0.2, -0.15) is 0 Å². The average molecular weight is 359 g/mol. The number of esters is 1. The molecule has 4 aliphatic carbocycles. The van der Waals surface area contributed by atoms with E-state index in [1.807, 2.05) is 0 Å². The van der Waals surface area contributed by atoms with E-state index in [0.717, 1.165) is 30.6 Å². The average Bonchev–Trinajstić information content (AvgIpc) is 2.96. The highest BCUT2D eigenvalue weighted by molar-refractivity contribution is 5.81. The smallest absolute Gasteiger partial charge is 0.330 e. The van der Waals surface area contributed by atoms with Crippen LogP contribution in [0.1, 0.15) is 65.2 Å². The molecule has 7 atom stereocenters. The third kappa shape index (κ3) is 2.69. The zero-order valence-electron chi connectivity index (χ0n) is 16.5. The van der Waals surface area contributed by atoms with Gasteiger partial charge in [0.25, 0.3) is 0 Å². The van der Waals surface area contributed by atoms with E-state index in [-0.39, 0.29) is 12.1 Å². The summed E-state index contributed by atoms with van der Waals surface area (Å²) >= 11 is 0. The number of methoxy groups -OCH3 is 1. The van der Waals surface area contributed by atoms with E-state index in [2.05, 4.69) is 26.0 Å². The van der Waals surface area contributed by atoms with Gasteiger partial charge in [-0.3, -0.25) is 0 Å². The van der Waals surface area contributed by atoms with Gasteiger partial charge in [0.1, 0.15) is 0 Å². The highest BCUT2D eigenvalue weighted by Gasteiger charge is 2.58. The number of fused-ring (bicyclic) bond motifs is 5. The van der Waals surface area contributed by atoms with E-state index in [9.17, 15) is 9.90 Å². The Morgan fingerprint density at radius 3 is 2.73 bits per heavy atom. The highest BCUT2D eigenvalue weighted by atomic mass is 16.5. The van der Waals surface area contributed by atoms with Gasteiger partial charge >= 0.3 is 5.97 Å². The lowest BCUT2D eigenvalue weighted by molar-refractivity contribution is -0.134. The maximum Gasteiger partial charge on any atom is 0.330 e. The molecule has 0 saturated heterocycles. The number of carbonyl (C=O) groups excluding carboxylic acids is 1. The van der Waals surface area contributed by atoms with Gasteiger partial charge in [-0.05, 0) is 85.9 Å². The van der Waals surface area contributed by atoms with Crippen LogP contribution >= 0.6 is 0 Å². The molecule has 4 aliphatic rings. The molecule has 1 N–H and O–H groups in total. The normalized spacial score (nSPS) is 47.7. The fourth-order valence-corrected chi connectivity index (χ4v) is 7.33. The van der Waals surface area contributed by atoms with Gasteiger partial charge in [-0.1, -0.05) is 31.6 Å². The monoisotopic (exact) mass is 358 g/mol. The van der Waals surface area contributed by atoms with Gasteiger partial charge in [0.15, 0.2) is 0 Å². The second-order valence-corrected chi connectivity index (χ2v) is 9.74. The lowest BCUT2D eigenvalue weighted by atomic mass is 9.47. The van der Waals surface area contributed by atoms with E-state index in [4.69, 9.17) is 4.74 Å². The van der Waals surface area contributed by atoms with E-state index < -0.39 is 0 Å². The Balaban J connectivity index is 1.57.